The molecule has 0 saturated carbocycles. The van der Waals surface area contributed by atoms with Crippen molar-refractivity contribution in [3.8, 4) is 5.88 Å². The molecule has 6 heteroatoms. The van der Waals surface area contributed by atoms with Gasteiger partial charge in [0.1, 0.15) is 11.9 Å². The van der Waals surface area contributed by atoms with E-state index >= 15 is 0 Å². The minimum Gasteiger partial charge on any atom is -0.478 e. The van der Waals surface area contributed by atoms with Crippen molar-refractivity contribution in [3.63, 3.8) is 0 Å². The van der Waals surface area contributed by atoms with Gasteiger partial charge in [-0.05, 0) is 33.2 Å². The predicted molar refractivity (Wildman–Crippen MR) is 90.1 cm³/mol. The SMILES string of the molecule is CCOc1ncccc1CNC(=O)[C@H](c1ccccc1F)N(C)C. The molecule has 0 bridgehead atoms. The molecule has 1 N–H and O–H groups in total. The number of nitrogens with one attached hydrogen (secondary N) is 1. The molecule has 1 heterocycles. The Kier molecular flexibility index (Phi) is 6.26. The highest BCUT2D eigenvalue weighted by Crippen LogP contribution is 2.22. The fraction of sp³-hybridized carbons (Fsp3) is 0.333. The summed E-state index contributed by atoms with van der Waals surface area (Å²) in [6.45, 7) is 2.63. The van der Waals surface area contributed by atoms with Gasteiger partial charge in [0.2, 0.25) is 11.8 Å². The van der Waals surface area contributed by atoms with E-state index < -0.39 is 11.9 Å². The number of carbonyl (C=O) groups excluding carboxylic acids is 1. The second kappa shape index (κ2) is 8.40. The first kappa shape index (κ1) is 17.9. The first-order valence-corrected chi connectivity index (χ1v) is 7.79. The summed E-state index contributed by atoms with van der Waals surface area (Å²) >= 11 is 0. The van der Waals surface area contributed by atoms with Crippen LogP contribution in [0.25, 0.3) is 0 Å². The lowest BCUT2D eigenvalue weighted by Crippen LogP contribution is -2.37. The van der Waals surface area contributed by atoms with Crippen molar-refractivity contribution in [2.45, 2.75) is 19.5 Å². The van der Waals surface area contributed by atoms with Crippen molar-refractivity contribution in [1.82, 2.24) is 15.2 Å². The maximum Gasteiger partial charge on any atom is 0.242 e. The molecule has 1 atom stereocenters. The van der Waals surface area contributed by atoms with Crippen LogP contribution in [-0.2, 0) is 11.3 Å². The van der Waals surface area contributed by atoms with Gasteiger partial charge in [0, 0.05) is 23.9 Å². The molecule has 1 aromatic carbocycles. The Labute approximate surface area is 141 Å². The summed E-state index contributed by atoms with van der Waals surface area (Å²) in [6.07, 6.45) is 1.64. The number of amides is 1. The zero-order valence-corrected chi connectivity index (χ0v) is 14.1. The second-order valence-electron chi connectivity index (χ2n) is 5.51. The number of rotatable bonds is 7. The smallest absolute Gasteiger partial charge is 0.242 e. The Morgan fingerprint density at radius 3 is 2.71 bits per heavy atom. The third-order valence-corrected chi connectivity index (χ3v) is 3.55. The number of ether oxygens (including phenoxy) is 1. The number of pyridine rings is 1. The molecular weight excluding hydrogens is 309 g/mol. The van der Waals surface area contributed by atoms with Crippen LogP contribution in [-0.4, -0.2) is 36.5 Å². The number of carbonyl (C=O) groups is 1. The van der Waals surface area contributed by atoms with Crippen molar-refractivity contribution in [2.75, 3.05) is 20.7 Å². The monoisotopic (exact) mass is 331 g/mol. The minimum absolute atomic E-state index is 0.265. The van der Waals surface area contributed by atoms with Gasteiger partial charge < -0.3 is 10.1 Å². The molecule has 0 fully saturated rings. The van der Waals surface area contributed by atoms with E-state index in [1.54, 1.807) is 49.5 Å². The number of aromatic nitrogens is 1. The standard InChI is InChI=1S/C18H22FN3O2/c1-4-24-18-13(8-7-11-20-18)12-21-17(23)16(22(2)3)14-9-5-6-10-15(14)19/h5-11,16H,4,12H2,1-3H3,(H,21,23)/t16-/m0/s1. The summed E-state index contributed by atoms with van der Waals surface area (Å²) in [4.78, 5) is 18.4. The molecule has 24 heavy (non-hydrogen) atoms. The molecule has 1 amide bonds. The highest BCUT2D eigenvalue weighted by molar-refractivity contribution is 5.83. The first-order valence-electron chi connectivity index (χ1n) is 7.79. The normalized spacial score (nSPS) is 12.0. The molecule has 0 spiro atoms. The molecule has 0 unspecified atom stereocenters. The van der Waals surface area contributed by atoms with E-state index in [1.165, 1.54) is 6.07 Å². The first-order chi connectivity index (χ1) is 11.5. The molecule has 1 aromatic heterocycles. The van der Waals surface area contributed by atoms with Crippen LogP contribution in [0, 0.1) is 5.82 Å². The van der Waals surface area contributed by atoms with Gasteiger partial charge in [-0.1, -0.05) is 24.3 Å². The average molecular weight is 331 g/mol. The fourth-order valence-electron chi connectivity index (χ4n) is 2.46. The van der Waals surface area contributed by atoms with Crippen LogP contribution >= 0.6 is 0 Å². The average Bonchev–Trinajstić information content (AvgIpc) is 2.56. The van der Waals surface area contributed by atoms with Crippen LogP contribution in [0.2, 0.25) is 0 Å². The van der Waals surface area contributed by atoms with Crippen LogP contribution in [0.1, 0.15) is 24.1 Å². The predicted octanol–water partition coefficient (Wildman–Crippen LogP) is 2.54. The highest BCUT2D eigenvalue weighted by atomic mass is 19.1. The van der Waals surface area contributed by atoms with Crippen LogP contribution in [0.15, 0.2) is 42.6 Å². The summed E-state index contributed by atoms with van der Waals surface area (Å²) in [5.41, 5.74) is 1.12. The zero-order chi connectivity index (χ0) is 17.5. The molecule has 2 aromatic rings. The van der Waals surface area contributed by atoms with E-state index in [0.29, 0.717) is 18.1 Å². The maximum atomic E-state index is 14.1. The Balaban J connectivity index is 2.14. The number of hydrogen-bond acceptors (Lipinski definition) is 4. The van der Waals surface area contributed by atoms with Gasteiger partial charge >= 0.3 is 0 Å². The van der Waals surface area contributed by atoms with Crippen molar-refractivity contribution >= 4 is 5.91 Å². The van der Waals surface area contributed by atoms with Crippen LogP contribution in [0.4, 0.5) is 4.39 Å². The fourth-order valence-corrected chi connectivity index (χ4v) is 2.46. The summed E-state index contributed by atoms with van der Waals surface area (Å²) in [5, 5.41) is 2.84. The molecule has 0 aliphatic carbocycles. The van der Waals surface area contributed by atoms with Gasteiger partial charge in [0.25, 0.3) is 0 Å². The van der Waals surface area contributed by atoms with Gasteiger partial charge in [0.15, 0.2) is 0 Å². The van der Waals surface area contributed by atoms with Crippen molar-refractivity contribution in [2.24, 2.45) is 0 Å². The molecule has 0 radical (unpaired) electrons. The van der Waals surface area contributed by atoms with E-state index in [9.17, 15) is 9.18 Å². The molecule has 5 nitrogen and oxygen atoms in total. The Morgan fingerprint density at radius 1 is 1.29 bits per heavy atom. The second-order valence-corrected chi connectivity index (χ2v) is 5.51. The topological polar surface area (TPSA) is 54.5 Å². The quantitative estimate of drug-likeness (QED) is 0.847. The molecule has 2 rings (SSSR count). The Bertz CT molecular complexity index is 691. The molecule has 0 saturated heterocycles. The lowest BCUT2D eigenvalue weighted by Gasteiger charge is -2.24. The summed E-state index contributed by atoms with van der Waals surface area (Å²) < 4.78 is 19.5. The van der Waals surface area contributed by atoms with E-state index in [0.717, 1.165) is 5.56 Å². The van der Waals surface area contributed by atoms with Crippen molar-refractivity contribution < 1.29 is 13.9 Å². The van der Waals surface area contributed by atoms with Gasteiger partial charge in [-0.3, -0.25) is 9.69 Å². The van der Waals surface area contributed by atoms with Crippen molar-refractivity contribution in [3.05, 3.63) is 59.5 Å². The molecular formula is C18H22FN3O2. The van der Waals surface area contributed by atoms with Gasteiger partial charge in [-0.15, -0.1) is 0 Å². The van der Waals surface area contributed by atoms with Gasteiger partial charge in [0.05, 0.1) is 6.61 Å². The lowest BCUT2D eigenvalue weighted by molar-refractivity contribution is -0.126. The van der Waals surface area contributed by atoms with E-state index in [-0.39, 0.29) is 12.5 Å². The number of hydrogen-bond donors (Lipinski definition) is 1. The van der Waals surface area contributed by atoms with Crippen LogP contribution < -0.4 is 10.1 Å². The number of likely N-dealkylation sites (N-methyl/N-ethyl adjacent to an activating group) is 1. The Hall–Kier alpha value is -2.47. The van der Waals surface area contributed by atoms with E-state index in [1.807, 2.05) is 13.0 Å². The largest absolute Gasteiger partial charge is 0.478 e. The zero-order valence-electron chi connectivity index (χ0n) is 14.1. The van der Waals surface area contributed by atoms with Crippen molar-refractivity contribution in [1.29, 1.82) is 0 Å². The molecule has 0 aliphatic rings. The Morgan fingerprint density at radius 2 is 2.04 bits per heavy atom. The third kappa shape index (κ3) is 4.29. The van der Waals surface area contributed by atoms with Crippen LogP contribution in [0.3, 0.4) is 0 Å². The maximum absolute atomic E-state index is 14.1. The summed E-state index contributed by atoms with van der Waals surface area (Å²) in [6, 6.07) is 9.21. The minimum atomic E-state index is -0.710. The number of nitrogens with zero attached hydrogens (tertiary/aromatic N) is 2. The van der Waals surface area contributed by atoms with E-state index in [2.05, 4.69) is 10.3 Å². The van der Waals surface area contributed by atoms with E-state index in [4.69, 9.17) is 4.74 Å². The molecule has 0 aliphatic heterocycles. The highest BCUT2D eigenvalue weighted by Gasteiger charge is 2.25. The van der Waals surface area contributed by atoms with Crippen LogP contribution in [0.5, 0.6) is 5.88 Å². The summed E-state index contributed by atoms with van der Waals surface area (Å²) in [7, 11) is 3.48. The molecule has 128 valence electrons. The lowest BCUT2D eigenvalue weighted by atomic mass is 10.0. The number of benzene rings is 1. The number of halogens is 1. The van der Waals surface area contributed by atoms with Gasteiger partial charge in [-0.25, -0.2) is 9.37 Å². The third-order valence-electron chi connectivity index (χ3n) is 3.55. The summed E-state index contributed by atoms with van der Waals surface area (Å²) in [5.74, 6) is -0.188. The van der Waals surface area contributed by atoms with Gasteiger partial charge in [-0.2, -0.15) is 0 Å².